The third kappa shape index (κ3) is 4.20. The van der Waals surface area contributed by atoms with Gasteiger partial charge in [0.15, 0.2) is 0 Å². The fourth-order valence-corrected chi connectivity index (χ4v) is 3.19. The number of halogens is 4. The Kier molecular flexibility index (Phi) is 5.10. The van der Waals surface area contributed by atoms with Gasteiger partial charge in [0, 0.05) is 23.6 Å². The molecule has 0 radical (unpaired) electrons. The van der Waals surface area contributed by atoms with E-state index in [0.29, 0.717) is 6.07 Å². The van der Waals surface area contributed by atoms with Gasteiger partial charge in [0.1, 0.15) is 17.1 Å². The molecule has 156 valence electrons. The maximum absolute atomic E-state index is 13.6. The number of aromatic nitrogens is 3. The average Bonchev–Trinajstić information content (AvgIpc) is 2.73. The molecule has 31 heavy (non-hydrogen) atoms. The van der Waals surface area contributed by atoms with Gasteiger partial charge < -0.3 is 0 Å². The third-order valence-corrected chi connectivity index (χ3v) is 4.70. The molecule has 2 N–H and O–H groups in total. The van der Waals surface area contributed by atoms with Crippen molar-refractivity contribution in [3.63, 3.8) is 0 Å². The molecule has 4 aromatic rings. The van der Waals surface area contributed by atoms with Crippen LogP contribution in [0.2, 0.25) is 0 Å². The molecule has 2 aromatic carbocycles. The van der Waals surface area contributed by atoms with Crippen molar-refractivity contribution in [1.82, 2.24) is 14.8 Å². The van der Waals surface area contributed by atoms with Crippen LogP contribution in [0.5, 0.6) is 0 Å². The minimum atomic E-state index is -4.84. The highest BCUT2D eigenvalue weighted by atomic mass is 19.4. The molecule has 2 heterocycles. The first-order valence-corrected chi connectivity index (χ1v) is 9.16. The number of hydrogen-bond donors (Lipinski definition) is 2. The van der Waals surface area contributed by atoms with E-state index in [-0.39, 0.29) is 29.0 Å². The number of benzene rings is 2. The fourth-order valence-electron chi connectivity index (χ4n) is 3.19. The van der Waals surface area contributed by atoms with Gasteiger partial charge in [-0.3, -0.25) is 15.8 Å². The summed E-state index contributed by atoms with van der Waals surface area (Å²) in [5.74, 6) is -1.41. The summed E-state index contributed by atoms with van der Waals surface area (Å²) in [4.78, 5) is 4.24. The lowest BCUT2D eigenvalue weighted by molar-refractivity contribution is -0.139. The zero-order valence-electron chi connectivity index (χ0n) is 15.9. The molecule has 0 saturated carbocycles. The van der Waals surface area contributed by atoms with Crippen LogP contribution in [0.1, 0.15) is 11.1 Å². The second-order valence-corrected chi connectivity index (χ2v) is 6.86. The highest BCUT2D eigenvalue weighted by Crippen LogP contribution is 2.33. The van der Waals surface area contributed by atoms with Crippen LogP contribution < -0.4 is 5.49 Å². The molecule has 9 heteroatoms. The molecule has 0 amide bonds. The number of pyridine rings is 1. The summed E-state index contributed by atoms with van der Waals surface area (Å²) in [6.45, 7) is 0. The van der Waals surface area contributed by atoms with Crippen molar-refractivity contribution in [2.24, 2.45) is 0 Å². The van der Waals surface area contributed by atoms with Gasteiger partial charge in [-0.05, 0) is 54.1 Å². The lowest BCUT2D eigenvalue weighted by atomic mass is 10.1. The monoisotopic (exact) mass is 425 g/mol. The van der Waals surface area contributed by atoms with Gasteiger partial charge in [-0.2, -0.15) is 18.3 Å². The molecule has 0 saturated heterocycles. The summed E-state index contributed by atoms with van der Waals surface area (Å²) in [5.41, 5.74) is 0.234. The van der Waals surface area contributed by atoms with Crippen molar-refractivity contribution in [3.05, 3.63) is 89.3 Å². The SMILES string of the molecule is N=C(Cc1ccc2ncccc2c1)n1nc(-c2ccc(F)c(C(F)(F)F)c2)ccc1=N. The zero-order chi connectivity index (χ0) is 22.2. The summed E-state index contributed by atoms with van der Waals surface area (Å²) >= 11 is 0. The van der Waals surface area contributed by atoms with Crippen molar-refractivity contribution in [3.8, 4) is 11.3 Å². The van der Waals surface area contributed by atoms with Gasteiger partial charge in [0.2, 0.25) is 0 Å². The third-order valence-electron chi connectivity index (χ3n) is 4.70. The molecule has 0 unspecified atom stereocenters. The molecule has 2 aromatic heterocycles. The summed E-state index contributed by atoms with van der Waals surface area (Å²) in [5, 5.41) is 21.5. The van der Waals surface area contributed by atoms with Crippen LogP contribution in [0.25, 0.3) is 22.2 Å². The molecule has 0 aliphatic rings. The van der Waals surface area contributed by atoms with Crippen molar-refractivity contribution >= 4 is 16.7 Å². The van der Waals surface area contributed by atoms with Crippen molar-refractivity contribution in [2.45, 2.75) is 12.6 Å². The lowest BCUT2D eigenvalue weighted by Crippen LogP contribution is -2.30. The van der Waals surface area contributed by atoms with Crippen LogP contribution in [0, 0.1) is 16.6 Å². The van der Waals surface area contributed by atoms with Crippen LogP contribution >= 0.6 is 0 Å². The number of alkyl halides is 3. The van der Waals surface area contributed by atoms with Gasteiger partial charge in [-0.15, -0.1) is 0 Å². The van der Waals surface area contributed by atoms with Crippen LogP contribution in [0.15, 0.2) is 66.9 Å². The van der Waals surface area contributed by atoms with Gasteiger partial charge in [-0.1, -0.05) is 12.1 Å². The number of rotatable bonds is 3. The molecule has 0 aliphatic heterocycles. The Bertz CT molecular complexity index is 1360. The second kappa shape index (κ2) is 7.75. The van der Waals surface area contributed by atoms with Crippen molar-refractivity contribution in [2.75, 3.05) is 0 Å². The lowest BCUT2D eigenvalue weighted by Gasteiger charge is -2.12. The quantitative estimate of drug-likeness (QED) is 0.281. The predicted molar refractivity (Wildman–Crippen MR) is 107 cm³/mol. The molecule has 4 rings (SSSR count). The van der Waals surface area contributed by atoms with E-state index in [2.05, 4.69) is 10.1 Å². The van der Waals surface area contributed by atoms with E-state index in [9.17, 15) is 17.6 Å². The normalized spacial score (nSPS) is 11.6. The first kappa shape index (κ1) is 20.4. The maximum Gasteiger partial charge on any atom is 0.419 e. The highest BCUT2D eigenvalue weighted by Gasteiger charge is 2.34. The standard InChI is InChI=1S/C22H15F4N5/c23-17-5-4-15(12-16(17)22(24,25)26)19-7-8-20(27)31(30-19)21(28)11-13-3-6-18-14(10-13)2-1-9-29-18/h1-10,12,27-28H,11H2. The van der Waals surface area contributed by atoms with E-state index in [0.717, 1.165) is 27.2 Å². The molecule has 5 nitrogen and oxygen atoms in total. The number of hydrogen-bond acceptors (Lipinski definition) is 4. The minimum Gasteiger partial charge on any atom is -0.286 e. The largest absolute Gasteiger partial charge is 0.419 e. The van der Waals surface area contributed by atoms with E-state index in [4.69, 9.17) is 10.8 Å². The van der Waals surface area contributed by atoms with Crippen molar-refractivity contribution in [1.29, 1.82) is 10.8 Å². The molecular formula is C22H15F4N5. The first-order chi connectivity index (χ1) is 14.7. The Hall–Kier alpha value is -3.88. The topological polar surface area (TPSA) is 78.4 Å². The fraction of sp³-hybridized carbons (Fsp3) is 0.0909. The zero-order valence-corrected chi connectivity index (χ0v) is 15.9. The van der Waals surface area contributed by atoms with E-state index < -0.39 is 17.6 Å². The minimum absolute atomic E-state index is 0.0340. The molecule has 0 spiro atoms. The van der Waals surface area contributed by atoms with Crippen LogP contribution in [-0.4, -0.2) is 20.6 Å². The van der Waals surface area contributed by atoms with E-state index in [1.165, 1.54) is 18.2 Å². The number of nitrogens with zero attached hydrogens (tertiary/aromatic N) is 3. The van der Waals surface area contributed by atoms with Gasteiger partial charge in [-0.25, -0.2) is 9.07 Å². The highest BCUT2D eigenvalue weighted by molar-refractivity contribution is 5.85. The Morgan fingerprint density at radius 2 is 1.81 bits per heavy atom. The summed E-state index contributed by atoms with van der Waals surface area (Å²) in [7, 11) is 0. The van der Waals surface area contributed by atoms with Gasteiger partial charge in [0.25, 0.3) is 0 Å². The molecule has 0 atom stereocenters. The van der Waals surface area contributed by atoms with Crippen LogP contribution in [-0.2, 0) is 12.6 Å². The Labute approximate surface area is 173 Å². The van der Waals surface area contributed by atoms with Gasteiger partial charge >= 0.3 is 6.18 Å². The summed E-state index contributed by atoms with van der Waals surface area (Å²) < 4.78 is 53.7. The van der Waals surface area contributed by atoms with Gasteiger partial charge in [0.05, 0.1) is 16.8 Å². The van der Waals surface area contributed by atoms with Crippen LogP contribution in [0.3, 0.4) is 0 Å². The van der Waals surface area contributed by atoms with Crippen molar-refractivity contribution < 1.29 is 17.6 Å². The molecular weight excluding hydrogens is 410 g/mol. The summed E-state index contributed by atoms with van der Waals surface area (Å²) in [6, 6.07) is 14.5. The predicted octanol–water partition coefficient (Wildman–Crippen LogP) is 4.80. The average molecular weight is 425 g/mol. The first-order valence-electron chi connectivity index (χ1n) is 9.16. The Morgan fingerprint density at radius 1 is 1.00 bits per heavy atom. The van der Waals surface area contributed by atoms with Crippen LogP contribution in [0.4, 0.5) is 17.6 Å². The molecule has 0 bridgehead atoms. The Morgan fingerprint density at radius 3 is 2.58 bits per heavy atom. The Balaban J connectivity index is 1.67. The van der Waals surface area contributed by atoms with E-state index in [1.807, 2.05) is 24.3 Å². The van der Waals surface area contributed by atoms with E-state index >= 15 is 0 Å². The smallest absolute Gasteiger partial charge is 0.286 e. The van der Waals surface area contributed by atoms with E-state index in [1.54, 1.807) is 12.3 Å². The molecule has 0 fully saturated rings. The number of nitrogens with one attached hydrogen (secondary N) is 2. The maximum atomic E-state index is 13.6. The second-order valence-electron chi connectivity index (χ2n) is 6.86. The number of fused-ring (bicyclic) bond motifs is 1. The molecule has 0 aliphatic carbocycles. The summed E-state index contributed by atoms with van der Waals surface area (Å²) in [6.07, 6.45) is -3.01.